The fourth-order valence-electron chi connectivity index (χ4n) is 6.15. The van der Waals surface area contributed by atoms with Crippen molar-refractivity contribution in [2.75, 3.05) is 20.0 Å². The Morgan fingerprint density at radius 3 is 2.41 bits per heavy atom. The molecule has 0 bridgehead atoms. The van der Waals surface area contributed by atoms with Crippen molar-refractivity contribution in [3.05, 3.63) is 65.4 Å². The molecular formula is C31H38N2O8. The molecule has 1 heterocycles. The Bertz CT molecular complexity index is 1380. The van der Waals surface area contributed by atoms with E-state index in [4.69, 9.17) is 15.2 Å². The van der Waals surface area contributed by atoms with Gasteiger partial charge in [0.2, 0.25) is 5.75 Å². The summed E-state index contributed by atoms with van der Waals surface area (Å²) in [5, 5.41) is 52.4. The topological polar surface area (TPSA) is 176 Å². The van der Waals surface area contributed by atoms with Gasteiger partial charge in [-0.3, -0.25) is 4.79 Å². The first-order valence-corrected chi connectivity index (χ1v) is 13.6. The molecule has 0 radical (unpaired) electrons. The summed E-state index contributed by atoms with van der Waals surface area (Å²) in [5.41, 5.74) is 7.31. The first-order chi connectivity index (χ1) is 19.6. The number of aryl methyl sites for hydroxylation is 2. The van der Waals surface area contributed by atoms with E-state index in [9.17, 15) is 30.3 Å². The van der Waals surface area contributed by atoms with Crippen LogP contribution in [0.3, 0.4) is 0 Å². The number of Topliss-reactive ketones (excluding diaryl/α,β-unsaturated/α-hetero) is 1. The third-order valence-electron chi connectivity index (χ3n) is 8.17. The lowest BCUT2D eigenvalue weighted by molar-refractivity contribution is -0.130. The standard InChI is InChI=1S/C31H38N2O8/c1-40-26-14-18(3-6-22(26)35)4-7-23(36)29(24(37)8-5-19-13-25(38)30(39)27(15-19)41-2)31(11-9-21(34)17-31)20-10-12-33-28(32)16-20/h3,6,10,12-16,21,23,29,34-36,38-39H,4-5,7-9,11,17H2,1-2H3,(H2,32,33)/t21-,23-,29-,31+/m1/s1. The van der Waals surface area contributed by atoms with Crippen LogP contribution >= 0.6 is 0 Å². The average molecular weight is 567 g/mol. The highest BCUT2D eigenvalue weighted by Crippen LogP contribution is 2.50. The van der Waals surface area contributed by atoms with Crippen LogP contribution in [0.5, 0.6) is 28.7 Å². The van der Waals surface area contributed by atoms with Gasteiger partial charge in [-0.25, -0.2) is 4.98 Å². The van der Waals surface area contributed by atoms with Gasteiger partial charge in [0.15, 0.2) is 23.0 Å². The van der Waals surface area contributed by atoms with Crippen LogP contribution in [0.25, 0.3) is 0 Å². The van der Waals surface area contributed by atoms with E-state index in [0.29, 0.717) is 30.6 Å². The molecule has 1 fully saturated rings. The van der Waals surface area contributed by atoms with Gasteiger partial charge in [-0.2, -0.15) is 0 Å². The fourth-order valence-corrected chi connectivity index (χ4v) is 6.15. The molecule has 0 spiro atoms. The van der Waals surface area contributed by atoms with Gasteiger partial charge in [0, 0.05) is 18.0 Å². The number of carbonyl (C=O) groups is 1. The van der Waals surface area contributed by atoms with Crippen molar-refractivity contribution in [1.82, 2.24) is 4.98 Å². The van der Waals surface area contributed by atoms with Gasteiger partial charge in [0.05, 0.1) is 32.3 Å². The first kappa shape index (κ1) is 30.0. The molecule has 1 aliphatic carbocycles. The Balaban J connectivity index is 1.66. The normalized spacial score (nSPS) is 20.0. The second-order valence-electron chi connectivity index (χ2n) is 10.7. The molecule has 41 heavy (non-hydrogen) atoms. The van der Waals surface area contributed by atoms with Crippen LogP contribution in [0.4, 0.5) is 5.82 Å². The molecule has 4 rings (SSSR count). The highest BCUT2D eigenvalue weighted by atomic mass is 16.5. The maximum atomic E-state index is 14.1. The predicted octanol–water partition coefficient (Wildman–Crippen LogP) is 3.39. The smallest absolute Gasteiger partial charge is 0.200 e. The van der Waals surface area contributed by atoms with Crippen molar-refractivity contribution in [1.29, 1.82) is 0 Å². The van der Waals surface area contributed by atoms with Crippen molar-refractivity contribution in [2.45, 2.75) is 62.6 Å². The van der Waals surface area contributed by atoms with E-state index in [-0.39, 0.29) is 60.3 Å². The monoisotopic (exact) mass is 566 g/mol. The third-order valence-corrected chi connectivity index (χ3v) is 8.17. The number of rotatable bonds is 12. The van der Waals surface area contributed by atoms with Crippen molar-refractivity contribution in [3.63, 3.8) is 0 Å². The summed E-state index contributed by atoms with van der Waals surface area (Å²) in [5.74, 6) is -1.09. The second kappa shape index (κ2) is 12.7. The number of anilines is 1. The summed E-state index contributed by atoms with van der Waals surface area (Å²) in [4.78, 5) is 18.2. The zero-order valence-corrected chi connectivity index (χ0v) is 23.3. The van der Waals surface area contributed by atoms with Crippen LogP contribution in [-0.2, 0) is 23.1 Å². The molecule has 0 saturated heterocycles. The highest BCUT2D eigenvalue weighted by molar-refractivity contribution is 5.84. The number of benzene rings is 2. The molecule has 10 nitrogen and oxygen atoms in total. The number of ether oxygens (including phenoxy) is 2. The summed E-state index contributed by atoms with van der Waals surface area (Å²) in [6, 6.07) is 11.4. The number of hydrogen-bond donors (Lipinski definition) is 6. The van der Waals surface area contributed by atoms with Crippen LogP contribution < -0.4 is 15.2 Å². The van der Waals surface area contributed by atoms with Gasteiger partial charge >= 0.3 is 0 Å². The number of carbonyl (C=O) groups excluding carboxylic acids is 1. The fraction of sp³-hybridized carbons (Fsp3) is 0.419. The molecule has 220 valence electrons. The number of hydrogen-bond acceptors (Lipinski definition) is 10. The van der Waals surface area contributed by atoms with Crippen molar-refractivity contribution >= 4 is 11.6 Å². The molecule has 0 amide bonds. The minimum atomic E-state index is -1.07. The molecule has 2 aromatic carbocycles. The number of aromatic hydroxyl groups is 3. The number of nitrogens with two attached hydrogens (primary N) is 1. The number of nitrogens with zero attached hydrogens (tertiary/aromatic N) is 1. The quantitative estimate of drug-likeness (QED) is 0.178. The summed E-state index contributed by atoms with van der Waals surface area (Å²) < 4.78 is 10.3. The van der Waals surface area contributed by atoms with E-state index in [1.807, 2.05) is 0 Å². The SMILES string of the molecule is COc1cc(CC[C@@H](O)[C@H](C(=O)CCc2cc(O)c(O)c(OC)c2)[C@@]2(c3ccnc(N)c3)CC[C@@H](O)C2)ccc1O. The maximum Gasteiger partial charge on any atom is 0.200 e. The summed E-state index contributed by atoms with van der Waals surface area (Å²) in [6.45, 7) is 0. The van der Waals surface area contributed by atoms with E-state index in [1.165, 1.54) is 26.4 Å². The Morgan fingerprint density at radius 1 is 1.02 bits per heavy atom. The number of ketones is 1. The van der Waals surface area contributed by atoms with Crippen molar-refractivity contribution in [2.24, 2.45) is 5.92 Å². The van der Waals surface area contributed by atoms with Crippen LogP contribution in [0.2, 0.25) is 0 Å². The minimum Gasteiger partial charge on any atom is -0.504 e. The molecule has 1 aromatic heterocycles. The van der Waals surface area contributed by atoms with E-state index in [0.717, 1.165) is 11.1 Å². The Morgan fingerprint density at radius 2 is 1.76 bits per heavy atom. The highest BCUT2D eigenvalue weighted by Gasteiger charge is 2.51. The van der Waals surface area contributed by atoms with Crippen LogP contribution in [-0.4, -0.2) is 62.7 Å². The number of aliphatic hydroxyl groups is 2. The number of aromatic nitrogens is 1. The molecule has 4 atom stereocenters. The lowest BCUT2D eigenvalue weighted by Gasteiger charge is -2.40. The van der Waals surface area contributed by atoms with Crippen molar-refractivity contribution in [3.8, 4) is 28.7 Å². The zero-order valence-electron chi connectivity index (χ0n) is 23.3. The maximum absolute atomic E-state index is 14.1. The number of nitrogen functional groups attached to an aromatic ring is 1. The van der Waals surface area contributed by atoms with Crippen molar-refractivity contribution < 1.29 is 39.8 Å². The molecule has 1 aliphatic rings. The van der Waals surface area contributed by atoms with Gasteiger partial charge in [-0.05, 0) is 91.6 Å². The van der Waals surface area contributed by atoms with Gasteiger partial charge in [-0.1, -0.05) is 6.07 Å². The lowest BCUT2D eigenvalue weighted by atomic mass is 9.64. The summed E-state index contributed by atoms with van der Waals surface area (Å²) in [6.07, 6.45) is 2.03. The molecule has 3 aromatic rings. The lowest BCUT2D eigenvalue weighted by Crippen LogP contribution is -2.46. The van der Waals surface area contributed by atoms with E-state index < -0.39 is 23.5 Å². The van der Waals surface area contributed by atoms with E-state index in [2.05, 4.69) is 4.98 Å². The van der Waals surface area contributed by atoms with Crippen LogP contribution in [0.15, 0.2) is 48.7 Å². The Kier molecular flexibility index (Phi) is 9.25. The average Bonchev–Trinajstić information content (AvgIpc) is 3.35. The van der Waals surface area contributed by atoms with Crippen LogP contribution in [0, 0.1) is 5.92 Å². The Labute approximate surface area is 239 Å². The summed E-state index contributed by atoms with van der Waals surface area (Å²) >= 11 is 0. The second-order valence-corrected chi connectivity index (χ2v) is 10.7. The van der Waals surface area contributed by atoms with E-state index in [1.54, 1.807) is 36.5 Å². The third kappa shape index (κ3) is 6.49. The summed E-state index contributed by atoms with van der Waals surface area (Å²) in [7, 11) is 2.83. The molecular weight excluding hydrogens is 528 g/mol. The number of aliphatic hydroxyl groups excluding tert-OH is 2. The number of phenolic OH excluding ortho intramolecular Hbond substituents is 3. The molecule has 0 unspecified atom stereocenters. The molecule has 7 N–H and O–H groups in total. The number of phenols is 3. The van der Waals surface area contributed by atoms with Gasteiger partial charge in [0.25, 0.3) is 0 Å². The first-order valence-electron chi connectivity index (χ1n) is 13.6. The minimum absolute atomic E-state index is 0.0101. The number of methoxy groups -OCH3 is 2. The van der Waals surface area contributed by atoms with Gasteiger partial charge < -0.3 is 40.7 Å². The molecule has 0 aliphatic heterocycles. The number of pyridine rings is 1. The predicted molar refractivity (Wildman–Crippen MR) is 152 cm³/mol. The largest absolute Gasteiger partial charge is 0.504 e. The Hall–Kier alpha value is -4.02. The molecule has 10 heteroatoms. The van der Waals surface area contributed by atoms with Gasteiger partial charge in [0.1, 0.15) is 11.6 Å². The molecule has 1 saturated carbocycles. The van der Waals surface area contributed by atoms with Gasteiger partial charge in [-0.15, -0.1) is 0 Å². The zero-order chi connectivity index (χ0) is 29.7. The van der Waals surface area contributed by atoms with Crippen LogP contribution in [0.1, 0.15) is 48.8 Å². The van der Waals surface area contributed by atoms with E-state index >= 15 is 0 Å².